The average Bonchev–Trinajstić information content (AvgIpc) is 3.00. The number of pyridine rings is 1. The maximum absolute atomic E-state index is 12.4. The molecule has 1 unspecified atom stereocenters. The van der Waals surface area contributed by atoms with Crippen molar-refractivity contribution in [3.05, 3.63) is 70.8 Å². The largest absolute Gasteiger partial charge is 0.481 e. The summed E-state index contributed by atoms with van der Waals surface area (Å²) >= 11 is 0. The number of aromatic nitrogens is 3. The number of aliphatic carboxylic acids is 1. The fourth-order valence-corrected chi connectivity index (χ4v) is 2.86. The molecule has 0 aliphatic rings. The Hall–Kier alpha value is -3.42. The number of carbonyl (C=O) groups excluding carboxylic acids is 1. The van der Waals surface area contributed by atoms with Crippen molar-refractivity contribution in [3.63, 3.8) is 0 Å². The van der Waals surface area contributed by atoms with Crippen LogP contribution in [0.2, 0.25) is 0 Å². The molecular formula is C19H20N4O4. The fourth-order valence-electron chi connectivity index (χ4n) is 2.86. The van der Waals surface area contributed by atoms with Crippen LogP contribution in [0.15, 0.2) is 59.5 Å². The molecular weight excluding hydrogens is 348 g/mol. The van der Waals surface area contributed by atoms with Crippen LogP contribution in [0.4, 0.5) is 0 Å². The number of hydrogen-bond acceptors (Lipinski definition) is 4. The molecule has 8 nitrogen and oxygen atoms in total. The first kappa shape index (κ1) is 18.4. The molecule has 0 bridgehead atoms. The zero-order valence-corrected chi connectivity index (χ0v) is 14.6. The van der Waals surface area contributed by atoms with E-state index in [1.807, 2.05) is 30.3 Å². The van der Waals surface area contributed by atoms with Crippen molar-refractivity contribution in [2.75, 3.05) is 0 Å². The number of nitrogens with one attached hydrogen (secondary N) is 1. The highest BCUT2D eigenvalue weighted by atomic mass is 16.4. The monoisotopic (exact) mass is 368 g/mol. The van der Waals surface area contributed by atoms with Crippen molar-refractivity contribution in [1.29, 1.82) is 0 Å². The predicted molar refractivity (Wildman–Crippen MR) is 98.3 cm³/mol. The summed E-state index contributed by atoms with van der Waals surface area (Å²) in [7, 11) is 0. The second-order valence-corrected chi connectivity index (χ2v) is 6.15. The second kappa shape index (κ2) is 8.31. The molecule has 8 heteroatoms. The quantitative estimate of drug-likeness (QED) is 0.628. The van der Waals surface area contributed by atoms with Gasteiger partial charge in [-0.3, -0.25) is 14.0 Å². The van der Waals surface area contributed by atoms with Crippen LogP contribution >= 0.6 is 0 Å². The summed E-state index contributed by atoms with van der Waals surface area (Å²) in [4.78, 5) is 35.5. The molecule has 1 atom stereocenters. The fraction of sp³-hybridized carbons (Fsp3) is 0.263. The minimum absolute atomic E-state index is 0.0499. The van der Waals surface area contributed by atoms with Crippen molar-refractivity contribution in [1.82, 2.24) is 19.5 Å². The first-order valence-corrected chi connectivity index (χ1v) is 8.65. The van der Waals surface area contributed by atoms with Crippen LogP contribution in [-0.2, 0) is 16.1 Å². The van der Waals surface area contributed by atoms with E-state index in [2.05, 4.69) is 10.4 Å². The number of carboxylic acids is 1. The number of hydrogen-bond donors (Lipinski definition) is 2. The van der Waals surface area contributed by atoms with Crippen LogP contribution in [0.25, 0.3) is 5.65 Å². The van der Waals surface area contributed by atoms with E-state index in [-0.39, 0.29) is 31.0 Å². The smallest absolute Gasteiger partial charge is 0.350 e. The van der Waals surface area contributed by atoms with Crippen LogP contribution in [0.1, 0.15) is 30.9 Å². The lowest BCUT2D eigenvalue weighted by Gasteiger charge is -2.18. The number of carboxylic acid groups (broad SMARTS) is 1. The van der Waals surface area contributed by atoms with Crippen molar-refractivity contribution in [2.45, 2.75) is 31.8 Å². The summed E-state index contributed by atoms with van der Waals surface area (Å²) in [6.07, 6.45) is 1.93. The highest BCUT2D eigenvalue weighted by molar-refractivity contribution is 5.76. The van der Waals surface area contributed by atoms with E-state index >= 15 is 0 Å². The molecule has 1 amide bonds. The molecule has 140 valence electrons. The Kier molecular flexibility index (Phi) is 5.65. The molecule has 0 saturated carbocycles. The molecule has 0 saturated heterocycles. The second-order valence-electron chi connectivity index (χ2n) is 6.15. The number of fused-ring (bicyclic) bond motifs is 1. The maximum atomic E-state index is 12.4. The number of benzene rings is 1. The molecule has 0 fully saturated rings. The number of carbonyl (C=O) groups is 2. The lowest BCUT2D eigenvalue weighted by molar-refractivity contribution is -0.137. The third-order valence-corrected chi connectivity index (χ3v) is 4.22. The molecule has 0 aliphatic carbocycles. The Balaban J connectivity index is 1.65. The zero-order chi connectivity index (χ0) is 19.2. The van der Waals surface area contributed by atoms with Gasteiger partial charge in [0.1, 0.15) is 0 Å². The van der Waals surface area contributed by atoms with Gasteiger partial charge in [0.25, 0.3) is 0 Å². The van der Waals surface area contributed by atoms with Crippen molar-refractivity contribution in [3.8, 4) is 0 Å². The standard InChI is InChI=1S/C19H20N4O4/c24-17(11-13-23-19(27)22-12-5-4-8-16(22)21-23)20-15(9-10-18(25)26)14-6-2-1-3-7-14/h1-8,12,15H,9-11,13H2,(H,20,24)(H,25,26). The Bertz CT molecular complexity index is 994. The molecule has 0 radical (unpaired) electrons. The molecule has 3 aromatic rings. The minimum atomic E-state index is -0.915. The van der Waals surface area contributed by atoms with E-state index in [1.54, 1.807) is 24.4 Å². The third-order valence-electron chi connectivity index (χ3n) is 4.22. The summed E-state index contributed by atoms with van der Waals surface area (Å²) in [5.74, 6) is -1.18. The molecule has 3 rings (SSSR count). The SMILES string of the molecule is O=C(O)CCC(NC(=O)CCn1nc2ccccn2c1=O)c1ccccc1. The van der Waals surface area contributed by atoms with Gasteiger partial charge in [0, 0.05) is 19.0 Å². The number of amides is 1. The summed E-state index contributed by atoms with van der Waals surface area (Å²) < 4.78 is 2.67. The van der Waals surface area contributed by atoms with Gasteiger partial charge in [-0.1, -0.05) is 36.4 Å². The Morgan fingerprint density at radius 3 is 2.52 bits per heavy atom. The van der Waals surface area contributed by atoms with Crippen LogP contribution in [0.3, 0.4) is 0 Å². The summed E-state index contributed by atoms with van der Waals surface area (Å²) in [6.45, 7) is 0.146. The van der Waals surface area contributed by atoms with Gasteiger partial charge in [-0.2, -0.15) is 0 Å². The van der Waals surface area contributed by atoms with Gasteiger partial charge in [-0.05, 0) is 24.1 Å². The molecule has 1 aromatic carbocycles. The predicted octanol–water partition coefficient (Wildman–Crippen LogP) is 1.61. The minimum Gasteiger partial charge on any atom is -0.481 e. The van der Waals surface area contributed by atoms with Gasteiger partial charge >= 0.3 is 11.7 Å². The molecule has 0 spiro atoms. The van der Waals surface area contributed by atoms with E-state index in [1.165, 1.54) is 9.08 Å². The number of rotatable bonds is 8. The molecule has 2 heterocycles. The zero-order valence-electron chi connectivity index (χ0n) is 14.6. The van der Waals surface area contributed by atoms with Crippen molar-refractivity contribution >= 4 is 17.5 Å². The molecule has 2 N–H and O–H groups in total. The summed E-state index contributed by atoms with van der Waals surface area (Å²) in [6, 6.07) is 14.1. The van der Waals surface area contributed by atoms with E-state index < -0.39 is 12.0 Å². The van der Waals surface area contributed by atoms with Gasteiger partial charge in [-0.25, -0.2) is 9.48 Å². The van der Waals surface area contributed by atoms with Crippen molar-refractivity contribution in [2.24, 2.45) is 0 Å². The van der Waals surface area contributed by atoms with Gasteiger partial charge in [0.2, 0.25) is 5.91 Å². The van der Waals surface area contributed by atoms with Crippen LogP contribution in [-0.4, -0.2) is 31.2 Å². The molecule has 27 heavy (non-hydrogen) atoms. The van der Waals surface area contributed by atoms with E-state index in [0.29, 0.717) is 12.1 Å². The summed E-state index contributed by atoms with van der Waals surface area (Å²) in [5, 5.41) is 16.0. The van der Waals surface area contributed by atoms with E-state index in [9.17, 15) is 14.4 Å². The van der Waals surface area contributed by atoms with E-state index in [4.69, 9.17) is 5.11 Å². The lowest BCUT2D eigenvalue weighted by atomic mass is 10.0. The normalized spacial score (nSPS) is 12.0. The van der Waals surface area contributed by atoms with Crippen LogP contribution in [0, 0.1) is 0 Å². The Morgan fingerprint density at radius 1 is 1.07 bits per heavy atom. The van der Waals surface area contributed by atoms with Gasteiger partial charge in [-0.15, -0.1) is 5.10 Å². The Morgan fingerprint density at radius 2 is 1.81 bits per heavy atom. The van der Waals surface area contributed by atoms with Crippen LogP contribution < -0.4 is 11.0 Å². The average molecular weight is 368 g/mol. The maximum Gasteiger partial charge on any atom is 0.350 e. The first-order chi connectivity index (χ1) is 13.0. The Labute approximate surface area is 155 Å². The lowest BCUT2D eigenvalue weighted by Crippen LogP contribution is -2.31. The highest BCUT2D eigenvalue weighted by Gasteiger charge is 2.16. The summed E-state index contributed by atoms with van der Waals surface area (Å²) in [5.41, 5.74) is 1.06. The van der Waals surface area contributed by atoms with Gasteiger partial charge in [0.05, 0.1) is 12.6 Å². The van der Waals surface area contributed by atoms with Crippen molar-refractivity contribution < 1.29 is 14.7 Å². The third kappa shape index (κ3) is 4.60. The van der Waals surface area contributed by atoms with Crippen LogP contribution in [0.5, 0.6) is 0 Å². The molecule has 0 aliphatic heterocycles. The topological polar surface area (TPSA) is 106 Å². The molecule has 2 aromatic heterocycles. The number of aryl methyl sites for hydroxylation is 1. The van der Waals surface area contributed by atoms with E-state index in [0.717, 1.165) is 5.56 Å². The number of nitrogens with zero attached hydrogens (tertiary/aromatic N) is 3. The highest BCUT2D eigenvalue weighted by Crippen LogP contribution is 2.18. The van der Waals surface area contributed by atoms with Gasteiger partial charge < -0.3 is 10.4 Å². The first-order valence-electron chi connectivity index (χ1n) is 8.65. The van der Waals surface area contributed by atoms with Gasteiger partial charge in [0.15, 0.2) is 5.65 Å².